The van der Waals surface area contributed by atoms with E-state index in [0.717, 1.165) is 5.56 Å². The number of fused-ring (bicyclic) bond motifs is 1. The third-order valence-electron chi connectivity index (χ3n) is 4.15. The first-order valence-electron chi connectivity index (χ1n) is 8.01. The lowest BCUT2D eigenvalue weighted by Crippen LogP contribution is -2.18. The molecule has 4 heterocycles. The summed E-state index contributed by atoms with van der Waals surface area (Å²) in [6.45, 7) is 1.76. The lowest BCUT2D eigenvalue weighted by atomic mass is 10.1. The molecule has 0 saturated heterocycles. The standard InChI is InChI=1S/C18H16N6O2/c1-10-8-11(9-23(2)18(10)26)15-16(12-6-7-24(3)22-12)21-17-13(19-15)4-5-14(25)20-17/h4-9H,1-3H3,(H,20,21,25). The lowest BCUT2D eigenvalue weighted by Gasteiger charge is -2.10. The molecular weight excluding hydrogens is 332 g/mol. The summed E-state index contributed by atoms with van der Waals surface area (Å²) < 4.78 is 3.19. The number of aromatic amines is 1. The molecule has 0 aromatic carbocycles. The van der Waals surface area contributed by atoms with E-state index in [1.54, 1.807) is 37.0 Å². The fourth-order valence-electron chi connectivity index (χ4n) is 2.90. The highest BCUT2D eigenvalue weighted by atomic mass is 16.1. The third kappa shape index (κ3) is 2.61. The van der Waals surface area contributed by atoms with Crippen LogP contribution < -0.4 is 11.1 Å². The van der Waals surface area contributed by atoms with E-state index in [4.69, 9.17) is 0 Å². The summed E-state index contributed by atoms with van der Waals surface area (Å²) in [6.07, 6.45) is 3.54. The molecule has 0 radical (unpaired) electrons. The van der Waals surface area contributed by atoms with E-state index in [1.165, 1.54) is 10.6 Å². The van der Waals surface area contributed by atoms with Gasteiger partial charge in [0.25, 0.3) is 5.56 Å². The van der Waals surface area contributed by atoms with Crippen molar-refractivity contribution >= 4 is 11.2 Å². The van der Waals surface area contributed by atoms with Gasteiger partial charge in [-0.15, -0.1) is 0 Å². The molecule has 0 aliphatic rings. The Morgan fingerprint density at radius 2 is 1.85 bits per heavy atom. The molecule has 0 unspecified atom stereocenters. The zero-order valence-electron chi connectivity index (χ0n) is 14.5. The van der Waals surface area contributed by atoms with Gasteiger partial charge in [0.1, 0.15) is 22.6 Å². The van der Waals surface area contributed by atoms with E-state index in [-0.39, 0.29) is 11.1 Å². The Kier molecular flexibility index (Phi) is 3.54. The van der Waals surface area contributed by atoms with Crippen molar-refractivity contribution < 1.29 is 0 Å². The minimum atomic E-state index is -0.246. The summed E-state index contributed by atoms with van der Waals surface area (Å²) in [5.41, 5.74) is 3.78. The highest BCUT2D eigenvalue weighted by molar-refractivity contribution is 5.83. The molecule has 4 rings (SSSR count). The Bertz CT molecular complexity index is 1240. The van der Waals surface area contributed by atoms with Crippen molar-refractivity contribution in [3.63, 3.8) is 0 Å². The Labute approximate surface area is 147 Å². The normalized spacial score (nSPS) is 11.2. The van der Waals surface area contributed by atoms with E-state index >= 15 is 0 Å². The summed E-state index contributed by atoms with van der Waals surface area (Å²) in [7, 11) is 3.52. The molecule has 130 valence electrons. The zero-order chi connectivity index (χ0) is 18.4. The first kappa shape index (κ1) is 15.9. The van der Waals surface area contributed by atoms with E-state index in [0.29, 0.717) is 33.8 Å². The highest BCUT2D eigenvalue weighted by Crippen LogP contribution is 2.29. The molecule has 4 aromatic rings. The van der Waals surface area contributed by atoms with Crippen LogP contribution in [0.1, 0.15) is 5.56 Å². The fraction of sp³-hybridized carbons (Fsp3) is 0.167. The minimum Gasteiger partial charge on any atom is -0.318 e. The molecule has 1 N–H and O–H groups in total. The average Bonchev–Trinajstić information content (AvgIpc) is 3.04. The highest BCUT2D eigenvalue weighted by Gasteiger charge is 2.17. The van der Waals surface area contributed by atoms with Crippen LogP contribution in [0.5, 0.6) is 0 Å². The Hall–Kier alpha value is -3.55. The maximum Gasteiger partial charge on any atom is 0.253 e. The lowest BCUT2D eigenvalue weighted by molar-refractivity contribution is 0.770. The van der Waals surface area contributed by atoms with E-state index in [9.17, 15) is 9.59 Å². The van der Waals surface area contributed by atoms with Gasteiger partial charge in [-0.05, 0) is 25.1 Å². The van der Waals surface area contributed by atoms with Crippen LogP contribution >= 0.6 is 0 Å². The van der Waals surface area contributed by atoms with Crippen molar-refractivity contribution in [1.29, 1.82) is 0 Å². The second kappa shape index (κ2) is 5.76. The SMILES string of the molecule is Cc1cc(-c2nc3ccc(=O)[nH]c3nc2-c2ccn(C)n2)cn(C)c1=O. The van der Waals surface area contributed by atoms with Gasteiger partial charge in [-0.2, -0.15) is 5.10 Å². The topological polar surface area (TPSA) is 98.5 Å². The number of pyridine rings is 2. The molecule has 0 saturated carbocycles. The van der Waals surface area contributed by atoms with Gasteiger partial charge in [-0.3, -0.25) is 14.3 Å². The van der Waals surface area contributed by atoms with Crippen LogP contribution in [-0.4, -0.2) is 29.3 Å². The molecule has 0 atom stereocenters. The van der Waals surface area contributed by atoms with Crippen LogP contribution in [0.25, 0.3) is 33.8 Å². The summed E-state index contributed by atoms with van der Waals surface area (Å²) in [6, 6.07) is 6.65. The third-order valence-corrected chi connectivity index (χ3v) is 4.15. The summed E-state index contributed by atoms with van der Waals surface area (Å²) in [5, 5.41) is 4.41. The molecule has 0 aliphatic carbocycles. The maximum absolute atomic E-state index is 12.0. The smallest absolute Gasteiger partial charge is 0.253 e. The van der Waals surface area contributed by atoms with Crippen molar-refractivity contribution in [2.45, 2.75) is 6.92 Å². The number of H-pyrrole nitrogens is 1. The van der Waals surface area contributed by atoms with Gasteiger partial charge in [0, 0.05) is 43.7 Å². The van der Waals surface area contributed by atoms with E-state index in [1.807, 2.05) is 19.3 Å². The quantitative estimate of drug-likeness (QED) is 0.590. The molecule has 4 aromatic heterocycles. The van der Waals surface area contributed by atoms with Crippen molar-refractivity contribution in [2.75, 3.05) is 0 Å². The van der Waals surface area contributed by atoms with Crippen LogP contribution in [-0.2, 0) is 14.1 Å². The van der Waals surface area contributed by atoms with Gasteiger partial charge in [0.05, 0.1) is 0 Å². The van der Waals surface area contributed by atoms with Crippen LogP contribution in [0.3, 0.4) is 0 Å². The molecule has 8 nitrogen and oxygen atoms in total. The number of aryl methyl sites for hydroxylation is 3. The molecule has 0 amide bonds. The van der Waals surface area contributed by atoms with Crippen molar-refractivity contribution in [3.8, 4) is 22.6 Å². The molecular formula is C18H16N6O2. The molecule has 0 spiro atoms. The Morgan fingerprint density at radius 1 is 1.04 bits per heavy atom. The number of aromatic nitrogens is 6. The number of nitrogens with zero attached hydrogens (tertiary/aromatic N) is 5. The number of rotatable bonds is 2. The predicted octanol–water partition coefficient (Wildman–Crippen LogP) is 1.39. The number of hydrogen-bond donors (Lipinski definition) is 1. The molecule has 0 bridgehead atoms. The number of hydrogen-bond acceptors (Lipinski definition) is 5. The summed E-state index contributed by atoms with van der Waals surface area (Å²) >= 11 is 0. The van der Waals surface area contributed by atoms with E-state index < -0.39 is 0 Å². The predicted molar refractivity (Wildman–Crippen MR) is 97.8 cm³/mol. The average molecular weight is 348 g/mol. The minimum absolute atomic E-state index is 0.0637. The zero-order valence-corrected chi connectivity index (χ0v) is 14.5. The first-order chi connectivity index (χ1) is 12.4. The van der Waals surface area contributed by atoms with Crippen molar-refractivity contribution in [2.24, 2.45) is 14.1 Å². The van der Waals surface area contributed by atoms with Gasteiger partial charge in [0.2, 0.25) is 5.56 Å². The largest absolute Gasteiger partial charge is 0.318 e. The summed E-state index contributed by atoms with van der Waals surface area (Å²) in [4.78, 5) is 35.6. The second-order valence-electron chi connectivity index (χ2n) is 6.18. The van der Waals surface area contributed by atoms with Crippen LogP contribution in [0, 0.1) is 6.92 Å². The van der Waals surface area contributed by atoms with Gasteiger partial charge in [-0.1, -0.05) is 0 Å². The van der Waals surface area contributed by atoms with Gasteiger partial charge < -0.3 is 9.55 Å². The van der Waals surface area contributed by atoms with Crippen molar-refractivity contribution in [3.05, 3.63) is 62.9 Å². The van der Waals surface area contributed by atoms with Crippen molar-refractivity contribution in [1.82, 2.24) is 29.3 Å². The van der Waals surface area contributed by atoms with Crippen LogP contribution in [0.4, 0.5) is 0 Å². The Balaban J connectivity index is 2.08. The van der Waals surface area contributed by atoms with Gasteiger partial charge in [0.15, 0.2) is 5.65 Å². The van der Waals surface area contributed by atoms with Gasteiger partial charge >= 0.3 is 0 Å². The molecule has 8 heteroatoms. The Morgan fingerprint density at radius 3 is 2.54 bits per heavy atom. The monoisotopic (exact) mass is 348 g/mol. The fourth-order valence-corrected chi connectivity index (χ4v) is 2.90. The van der Waals surface area contributed by atoms with Gasteiger partial charge in [-0.25, -0.2) is 9.97 Å². The van der Waals surface area contributed by atoms with Crippen LogP contribution in [0.2, 0.25) is 0 Å². The molecule has 0 fully saturated rings. The second-order valence-corrected chi connectivity index (χ2v) is 6.18. The molecule has 26 heavy (non-hydrogen) atoms. The number of nitrogens with one attached hydrogen (secondary N) is 1. The maximum atomic E-state index is 12.0. The molecule has 0 aliphatic heterocycles. The summed E-state index contributed by atoms with van der Waals surface area (Å²) in [5.74, 6) is 0. The van der Waals surface area contributed by atoms with Crippen LogP contribution in [0.15, 0.2) is 46.2 Å². The first-order valence-corrected chi connectivity index (χ1v) is 8.01. The van der Waals surface area contributed by atoms with E-state index in [2.05, 4.69) is 20.1 Å².